The first-order valence-electron chi connectivity index (χ1n) is 10.6. The molecule has 3 aromatic rings. The molecule has 3 aromatic carbocycles. The van der Waals surface area contributed by atoms with Crippen molar-refractivity contribution in [2.75, 3.05) is 33.6 Å². The molecule has 0 atom stereocenters. The number of carbonyl (C=O) groups excluding carboxylic acids is 1. The third-order valence-corrected chi connectivity index (χ3v) is 5.57. The minimum Gasteiger partial charge on any atom is -0.497 e. The van der Waals surface area contributed by atoms with Crippen molar-refractivity contribution in [2.24, 2.45) is 5.73 Å². The highest BCUT2D eigenvalue weighted by Gasteiger charge is 2.21. The van der Waals surface area contributed by atoms with E-state index in [9.17, 15) is 9.18 Å². The number of methoxy groups -OCH3 is 2. The smallest absolute Gasteiger partial charge is 0.256 e. The van der Waals surface area contributed by atoms with Crippen molar-refractivity contribution in [1.29, 1.82) is 0 Å². The van der Waals surface area contributed by atoms with Gasteiger partial charge in [0.1, 0.15) is 17.3 Å². The molecule has 0 fully saturated rings. The standard InChI is InChI=1S/C26H30FN3O3/c1-16-8-19(27)6-7-22(16)23-11-17(14-28)12-24(25(23)29-2)26(31)30(3)15-18-9-20(32-4)13-21(10-18)33-5/h6-13,29H,14-15,28H2,1-5H3. The van der Waals surface area contributed by atoms with Crippen LogP contribution >= 0.6 is 0 Å². The quantitative estimate of drug-likeness (QED) is 0.524. The molecule has 0 heterocycles. The van der Waals surface area contributed by atoms with E-state index in [0.717, 1.165) is 27.8 Å². The van der Waals surface area contributed by atoms with Gasteiger partial charge < -0.3 is 25.4 Å². The number of aryl methyl sites for hydroxylation is 1. The summed E-state index contributed by atoms with van der Waals surface area (Å²) in [5.74, 6) is 0.833. The van der Waals surface area contributed by atoms with Crippen LogP contribution in [0.3, 0.4) is 0 Å². The summed E-state index contributed by atoms with van der Waals surface area (Å²) in [7, 11) is 6.68. The van der Waals surface area contributed by atoms with E-state index in [-0.39, 0.29) is 18.3 Å². The molecule has 0 saturated carbocycles. The maximum absolute atomic E-state index is 13.7. The fourth-order valence-electron chi connectivity index (χ4n) is 3.91. The molecule has 0 bridgehead atoms. The fourth-order valence-corrected chi connectivity index (χ4v) is 3.91. The van der Waals surface area contributed by atoms with E-state index < -0.39 is 0 Å². The molecular weight excluding hydrogens is 421 g/mol. The van der Waals surface area contributed by atoms with E-state index in [0.29, 0.717) is 29.3 Å². The monoisotopic (exact) mass is 451 g/mol. The summed E-state index contributed by atoms with van der Waals surface area (Å²) in [5, 5.41) is 3.17. The summed E-state index contributed by atoms with van der Waals surface area (Å²) in [4.78, 5) is 15.2. The second-order valence-electron chi connectivity index (χ2n) is 7.86. The number of hydrogen-bond donors (Lipinski definition) is 2. The summed E-state index contributed by atoms with van der Waals surface area (Å²) < 4.78 is 24.4. The van der Waals surface area contributed by atoms with E-state index in [1.165, 1.54) is 12.1 Å². The summed E-state index contributed by atoms with van der Waals surface area (Å²) in [6.07, 6.45) is 0. The van der Waals surface area contributed by atoms with Gasteiger partial charge in [-0.3, -0.25) is 4.79 Å². The number of anilines is 1. The molecule has 174 valence electrons. The van der Waals surface area contributed by atoms with Gasteiger partial charge in [-0.15, -0.1) is 0 Å². The van der Waals surface area contributed by atoms with E-state index >= 15 is 0 Å². The second kappa shape index (κ2) is 10.4. The Balaban J connectivity index is 2.03. The van der Waals surface area contributed by atoms with Crippen molar-refractivity contribution in [1.82, 2.24) is 4.90 Å². The number of halogens is 1. The summed E-state index contributed by atoms with van der Waals surface area (Å²) in [6, 6.07) is 13.9. The Morgan fingerprint density at radius 1 is 1.00 bits per heavy atom. The maximum atomic E-state index is 13.7. The van der Waals surface area contributed by atoms with Gasteiger partial charge in [-0.05, 0) is 65.6 Å². The molecule has 0 aliphatic heterocycles. The van der Waals surface area contributed by atoms with E-state index in [1.807, 2.05) is 25.1 Å². The van der Waals surface area contributed by atoms with Gasteiger partial charge in [-0.2, -0.15) is 0 Å². The number of benzene rings is 3. The highest BCUT2D eigenvalue weighted by atomic mass is 19.1. The number of carbonyl (C=O) groups is 1. The Labute approximate surface area is 194 Å². The number of ether oxygens (including phenoxy) is 2. The highest BCUT2D eigenvalue weighted by Crippen LogP contribution is 2.35. The lowest BCUT2D eigenvalue weighted by atomic mass is 9.93. The fraction of sp³-hybridized carbons (Fsp3) is 0.269. The number of rotatable bonds is 8. The SMILES string of the molecule is CNc1c(C(=O)N(C)Cc2cc(OC)cc(OC)c2)cc(CN)cc1-c1ccc(F)cc1C. The van der Waals surface area contributed by atoms with Crippen LogP contribution in [0.1, 0.15) is 27.0 Å². The molecule has 0 saturated heterocycles. The van der Waals surface area contributed by atoms with Crippen LogP contribution in [-0.2, 0) is 13.1 Å². The van der Waals surface area contributed by atoms with E-state index in [4.69, 9.17) is 15.2 Å². The Kier molecular flexibility index (Phi) is 7.55. The number of nitrogens with one attached hydrogen (secondary N) is 1. The van der Waals surface area contributed by atoms with Gasteiger partial charge in [0, 0.05) is 38.8 Å². The first-order chi connectivity index (χ1) is 15.8. The van der Waals surface area contributed by atoms with Gasteiger partial charge in [-0.1, -0.05) is 6.07 Å². The van der Waals surface area contributed by atoms with Crippen molar-refractivity contribution in [3.63, 3.8) is 0 Å². The predicted molar refractivity (Wildman–Crippen MR) is 129 cm³/mol. The molecule has 33 heavy (non-hydrogen) atoms. The molecule has 3 N–H and O–H groups in total. The van der Waals surface area contributed by atoms with Crippen LogP contribution in [0.5, 0.6) is 11.5 Å². The van der Waals surface area contributed by atoms with Crippen LogP contribution in [-0.4, -0.2) is 39.1 Å². The van der Waals surface area contributed by atoms with Crippen molar-refractivity contribution in [3.05, 3.63) is 76.6 Å². The van der Waals surface area contributed by atoms with Gasteiger partial charge in [0.2, 0.25) is 0 Å². The Bertz CT molecular complexity index is 1140. The zero-order chi connectivity index (χ0) is 24.1. The lowest BCUT2D eigenvalue weighted by Crippen LogP contribution is -2.27. The molecule has 0 aliphatic carbocycles. The minimum atomic E-state index is -0.304. The lowest BCUT2D eigenvalue weighted by molar-refractivity contribution is 0.0785. The third kappa shape index (κ3) is 5.26. The van der Waals surface area contributed by atoms with Gasteiger partial charge in [-0.25, -0.2) is 4.39 Å². The zero-order valence-corrected chi connectivity index (χ0v) is 19.7. The van der Waals surface area contributed by atoms with Crippen LogP contribution in [0, 0.1) is 12.7 Å². The molecule has 1 amide bonds. The first-order valence-corrected chi connectivity index (χ1v) is 10.6. The molecule has 0 radical (unpaired) electrons. The predicted octanol–water partition coefficient (Wildman–Crippen LogP) is 4.59. The molecule has 3 rings (SSSR count). The summed E-state index contributed by atoms with van der Waals surface area (Å²) in [6.45, 7) is 2.47. The van der Waals surface area contributed by atoms with Crippen LogP contribution in [0.4, 0.5) is 10.1 Å². The number of hydrogen-bond acceptors (Lipinski definition) is 5. The zero-order valence-electron chi connectivity index (χ0n) is 19.7. The molecular formula is C26H30FN3O3. The number of nitrogens with two attached hydrogens (primary N) is 1. The van der Waals surface area contributed by atoms with E-state index in [2.05, 4.69) is 5.32 Å². The number of amides is 1. The van der Waals surface area contributed by atoms with E-state index in [1.54, 1.807) is 51.4 Å². The second-order valence-corrected chi connectivity index (χ2v) is 7.86. The van der Waals surface area contributed by atoms with Crippen molar-refractivity contribution in [3.8, 4) is 22.6 Å². The van der Waals surface area contributed by atoms with Crippen molar-refractivity contribution < 1.29 is 18.7 Å². The van der Waals surface area contributed by atoms with Gasteiger partial charge in [0.05, 0.1) is 25.5 Å². The topological polar surface area (TPSA) is 76.8 Å². The normalized spacial score (nSPS) is 10.6. The average molecular weight is 452 g/mol. The largest absolute Gasteiger partial charge is 0.497 e. The summed E-state index contributed by atoms with van der Waals surface area (Å²) in [5.41, 5.74) is 11.2. The van der Waals surface area contributed by atoms with Crippen molar-refractivity contribution >= 4 is 11.6 Å². The molecule has 6 nitrogen and oxygen atoms in total. The lowest BCUT2D eigenvalue weighted by Gasteiger charge is -2.23. The van der Waals surface area contributed by atoms with Crippen LogP contribution in [0.2, 0.25) is 0 Å². The van der Waals surface area contributed by atoms with Crippen LogP contribution < -0.4 is 20.5 Å². The molecule has 0 unspecified atom stereocenters. The van der Waals surface area contributed by atoms with Gasteiger partial charge in [0.15, 0.2) is 0 Å². The molecule has 0 aliphatic rings. The van der Waals surface area contributed by atoms with Crippen molar-refractivity contribution in [2.45, 2.75) is 20.0 Å². The molecule has 0 spiro atoms. The average Bonchev–Trinajstić information content (AvgIpc) is 2.82. The summed E-state index contributed by atoms with van der Waals surface area (Å²) >= 11 is 0. The molecule has 0 aromatic heterocycles. The Morgan fingerprint density at radius 3 is 2.21 bits per heavy atom. The molecule has 7 heteroatoms. The number of nitrogens with zero attached hydrogens (tertiary/aromatic N) is 1. The van der Waals surface area contributed by atoms with Gasteiger partial charge >= 0.3 is 0 Å². The first kappa shape index (κ1) is 24.1. The van der Waals surface area contributed by atoms with Gasteiger partial charge in [0.25, 0.3) is 5.91 Å². The Hall–Kier alpha value is -3.58. The Morgan fingerprint density at radius 2 is 1.67 bits per heavy atom. The van der Waals surface area contributed by atoms with Crippen LogP contribution in [0.25, 0.3) is 11.1 Å². The highest BCUT2D eigenvalue weighted by molar-refractivity contribution is 6.03. The minimum absolute atomic E-state index is 0.169. The van der Waals surface area contributed by atoms with Crippen LogP contribution in [0.15, 0.2) is 48.5 Å². The maximum Gasteiger partial charge on any atom is 0.256 e. The third-order valence-electron chi connectivity index (χ3n) is 5.57.